The van der Waals surface area contributed by atoms with Crippen molar-refractivity contribution in [3.63, 3.8) is 0 Å². The highest BCUT2D eigenvalue weighted by molar-refractivity contribution is 6.31. The molecule has 0 bridgehead atoms. The lowest BCUT2D eigenvalue weighted by molar-refractivity contribution is -0.151. The van der Waals surface area contributed by atoms with Gasteiger partial charge in [0.05, 0.1) is 25.8 Å². The second-order valence-corrected chi connectivity index (χ2v) is 8.59. The van der Waals surface area contributed by atoms with Gasteiger partial charge in [-0.1, -0.05) is 23.7 Å². The van der Waals surface area contributed by atoms with Gasteiger partial charge in [0, 0.05) is 23.7 Å². The summed E-state index contributed by atoms with van der Waals surface area (Å²) in [6.45, 7) is -0.359. The van der Waals surface area contributed by atoms with Crippen LogP contribution in [0.15, 0.2) is 66.7 Å². The van der Waals surface area contributed by atoms with E-state index in [1.165, 1.54) is 18.1 Å². The van der Waals surface area contributed by atoms with Gasteiger partial charge in [-0.2, -0.15) is 0 Å². The summed E-state index contributed by atoms with van der Waals surface area (Å²) in [7, 11) is 3.03. The number of hydrogen-bond donors (Lipinski definition) is 1. The molecule has 37 heavy (non-hydrogen) atoms. The average molecular weight is 525 g/mol. The molecule has 0 radical (unpaired) electrons. The third-order valence-corrected chi connectivity index (χ3v) is 5.92. The lowest BCUT2D eigenvalue weighted by Gasteiger charge is -2.17. The maximum Gasteiger partial charge on any atom is 0.311 e. The van der Waals surface area contributed by atoms with Crippen LogP contribution in [0.5, 0.6) is 23.0 Å². The van der Waals surface area contributed by atoms with Crippen LogP contribution in [0.4, 0.5) is 11.4 Å². The van der Waals surface area contributed by atoms with Crippen LogP contribution < -0.4 is 24.4 Å². The maximum atomic E-state index is 12.6. The van der Waals surface area contributed by atoms with Crippen molar-refractivity contribution < 1.29 is 33.3 Å². The third kappa shape index (κ3) is 6.31. The molecule has 0 unspecified atom stereocenters. The standard InChI is InChI=1S/C27H25ClN2O7/c1-34-22-12-7-18(28)14-21(22)29-25(31)16-36-27(33)17-13-26(32)30(15-17)19-8-10-20(11-9-19)37-24-6-4-3-5-23(24)35-2/h3-12,14,17H,13,15-16H2,1-2H3,(H,29,31)/t17-/m0/s1. The van der Waals surface area contributed by atoms with Crippen LogP contribution in [0.25, 0.3) is 0 Å². The maximum absolute atomic E-state index is 12.6. The zero-order valence-corrected chi connectivity index (χ0v) is 21.0. The molecule has 1 aliphatic heterocycles. The van der Waals surface area contributed by atoms with E-state index in [1.54, 1.807) is 55.6 Å². The minimum atomic E-state index is -0.689. The molecule has 3 aromatic carbocycles. The van der Waals surface area contributed by atoms with Crippen molar-refractivity contribution in [1.82, 2.24) is 0 Å². The Labute approximate surface area is 218 Å². The van der Waals surface area contributed by atoms with Crippen LogP contribution in [-0.2, 0) is 19.1 Å². The number of carbonyl (C=O) groups is 3. The molecule has 0 saturated carbocycles. The summed E-state index contributed by atoms with van der Waals surface area (Å²) in [5, 5.41) is 3.01. The number of benzene rings is 3. The number of amides is 2. The van der Waals surface area contributed by atoms with Gasteiger partial charge in [0.25, 0.3) is 5.91 Å². The van der Waals surface area contributed by atoms with Crippen LogP contribution in [0, 0.1) is 5.92 Å². The van der Waals surface area contributed by atoms with Crippen LogP contribution in [-0.4, -0.2) is 45.2 Å². The second kappa shape index (κ2) is 11.7. The summed E-state index contributed by atoms with van der Waals surface area (Å²) in [5.41, 5.74) is 0.981. The number of nitrogens with zero attached hydrogens (tertiary/aromatic N) is 1. The molecule has 10 heteroatoms. The van der Waals surface area contributed by atoms with Gasteiger partial charge in [-0.05, 0) is 54.6 Å². The molecule has 2 amide bonds. The number of halogens is 1. The highest BCUT2D eigenvalue weighted by atomic mass is 35.5. The predicted octanol–water partition coefficient (Wildman–Crippen LogP) is 4.68. The lowest BCUT2D eigenvalue weighted by atomic mass is 10.1. The molecule has 0 aromatic heterocycles. The van der Waals surface area contributed by atoms with Gasteiger partial charge in [-0.3, -0.25) is 14.4 Å². The number of rotatable bonds is 9. The van der Waals surface area contributed by atoms with E-state index in [4.69, 9.17) is 30.5 Å². The number of nitrogens with one attached hydrogen (secondary N) is 1. The van der Waals surface area contributed by atoms with E-state index in [9.17, 15) is 14.4 Å². The molecule has 1 heterocycles. The lowest BCUT2D eigenvalue weighted by Crippen LogP contribution is -2.28. The van der Waals surface area contributed by atoms with Gasteiger partial charge in [0.15, 0.2) is 18.1 Å². The van der Waals surface area contributed by atoms with Crippen LogP contribution in [0.3, 0.4) is 0 Å². The molecule has 9 nitrogen and oxygen atoms in total. The highest BCUT2D eigenvalue weighted by Gasteiger charge is 2.36. The molecular formula is C27H25ClN2O7. The normalized spacial score (nSPS) is 14.7. The largest absolute Gasteiger partial charge is 0.495 e. The Morgan fingerprint density at radius 2 is 1.68 bits per heavy atom. The summed E-state index contributed by atoms with van der Waals surface area (Å²) in [6.07, 6.45) is -0.0119. The van der Waals surface area contributed by atoms with Crippen molar-refractivity contribution in [3.05, 3.63) is 71.8 Å². The van der Waals surface area contributed by atoms with E-state index in [0.29, 0.717) is 39.4 Å². The Morgan fingerprint density at radius 1 is 0.973 bits per heavy atom. The number of hydrogen-bond acceptors (Lipinski definition) is 7. The quantitative estimate of drug-likeness (QED) is 0.405. The van der Waals surface area contributed by atoms with Gasteiger partial charge >= 0.3 is 5.97 Å². The Bertz CT molecular complexity index is 1300. The van der Waals surface area contributed by atoms with E-state index >= 15 is 0 Å². The van der Waals surface area contributed by atoms with Gasteiger partial charge in [-0.25, -0.2) is 0 Å². The molecule has 192 valence electrons. The first kappa shape index (κ1) is 25.8. The van der Waals surface area contributed by atoms with Crippen LogP contribution in [0.1, 0.15) is 6.42 Å². The summed E-state index contributed by atoms with van der Waals surface area (Å²) in [4.78, 5) is 38.9. The molecule has 1 aliphatic rings. The Hall–Kier alpha value is -4.24. The molecule has 3 aromatic rings. The van der Waals surface area contributed by atoms with E-state index in [0.717, 1.165) is 0 Å². The molecule has 1 fully saturated rings. The first-order chi connectivity index (χ1) is 17.9. The van der Waals surface area contributed by atoms with E-state index in [2.05, 4.69) is 5.32 Å². The molecule has 0 aliphatic carbocycles. The Kier molecular flexibility index (Phi) is 8.15. The van der Waals surface area contributed by atoms with Crippen molar-refractivity contribution in [2.24, 2.45) is 5.92 Å². The monoisotopic (exact) mass is 524 g/mol. The second-order valence-electron chi connectivity index (χ2n) is 8.15. The number of para-hydroxylation sites is 2. The number of methoxy groups -OCH3 is 2. The molecule has 1 atom stereocenters. The first-order valence-electron chi connectivity index (χ1n) is 11.4. The number of esters is 1. The molecule has 4 rings (SSSR count). The molecule has 1 N–H and O–H groups in total. The smallest absolute Gasteiger partial charge is 0.311 e. The average Bonchev–Trinajstić information content (AvgIpc) is 3.30. The predicted molar refractivity (Wildman–Crippen MR) is 138 cm³/mol. The van der Waals surface area contributed by atoms with Gasteiger partial charge in [-0.15, -0.1) is 0 Å². The number of anilines is 2. The molecular weight excluding hydrogens is 500 g/mol. The summed E-state index contributed by atoms with van der Waals surface area (Å²) >= 11 is 5.97. The van der Waals surface area contributed by atoms with Crippen molar-refractivity contribution in [2.75, 3.05) is 37.6 Å². The number of ether oxygens (including phenoxy) is 4. The van der Waals surface area contributed by atoms with Gasteiger partial charge < -0.3 is 29.2 Å². The Morgan fingerprint density at radius 3 is 2.38 bits per heavy atom. The van der Waals surface area contributed by atoms with Crippen molar-refractivity contribution in [3.8, 4) is 23.0 Å². The minimum Gasteiger partial charge on any atom is -0.495 e. The van der Waals surface area contributed by atoms with Crippen molar-refractivity contribution in [2.45, 2.75) is 6.42 Å². The van der Waals surface area contributed by atoms with Crippen molar-refractivity contribution in [1.29, 1.82) is 0 Å². The number of carbonyl (C=O) groups excluding carboxylic acids is 3. The zero-order chi connectivity index (χ0) is 26.4. The fraction of sp³-hybridized carbons (Fsp3) is 0.222. The van der Waals surface area contributed by atoms with E-state index < -0.39 is 24.4 Å². The summed E-state index contributed by atoms with van der Waals surface area (Å²) in [5.74, 6) is 0.0669. The van der Waals surface area contributed by atoms with Crippen molar-refractivity contribution >= 4 is 40.8 Å². The topological polar surface area (TPSA) is 103 Å². The van der Waals surface area contributed by atoms with Gasteiger partial charge in [0.2, 0.25) is 5.91 Å². The highest BCUT2D eigenvalue weighted by Crippen LogP contribution is 2.33. The first-order valence-corrected chi connectivity index (χ1v) is 11.8. The Balaban J connectivity index is 1.31. The van der Waals surface area contributed by atoms with E-state index in [-0.39, 0.29) is 18.9 Å². The zero-order valence-electron chi connectivity index (χ0n) is 20.2. The van der Waals surface area contributed by atoms with Gasteiger partial charge in [0.1, 0.15) is 11.5 Å². The van der Waals surface area contributed by atoms with E-state index in [1.807, 2.05) is 12.1 Å². The van der Waals surface area contributed by atoms with Crippen LogP contribution in [0.2, 0.25) is 5.02 Å². The fourth-order valence-corrected chi connectivity index (χ4v) is 4.03. The summed E-state index contributed by atoms with van der Waals surface area (Å²) in [6, 6.07) is 19.0. The molecule has 0 spiro atoms. The molecule has 1 saturated heterocycles. The SMILES string of the molecule is COc1ccc(Cl)cc1NC(=O)COC(=O)[C@H]1CC(=O)N(c2ccc(Oc3ccccc3OC)cc2)C1. The minimum absolute atomic E-state index is 0.0119. The summed E-state index contributed by atoms with van der Waals surface area (Å²) < 4.78 is 21.5. The van der Waals surface area contributed by atoms with Crippen LogP contribution >= 0.6 is 11.6 Å². The fourth-order valence-electron chi connectivity index (χ4n) is 3.86. The third-order valence-electron chi connectivity index (χ3n) is 5.68.